The van der Waals surface area contributed by atoms with Crippen molar-refractivity contribution in [1.82, 2.24) is 20.0 Å². The fourth-order valence-electron chi connectivity index (χ4n) is 2.82. The Hall–Kier alpha value is -3.33. The van der Waals surface area contributed by atoms with E-state index in [0.29, 0.717) is 17.2 Å². The van der Waals surface area contributed by atoms with Gasteiger partial charge in [-0.3, -0.25) is 14.5 Å². The quantitative estimate of drug-likeness (QED) is 0.466. The van der Waals surface area contributed by atoms with Crippen LogP contribution < -0.4 is 4.90 Å². The van der Waals surface area contributed by atoms with Gasteiger partial charge in [0.05, 0.1) is 15.7 Å². The molecule has 0 aliphatic heterocycles. The van der Waals surface area contributed by atoms with Crippen molar-refractivity contribution in [2.45, 2.75) is 13.5 Å². The fourth-order valence-corrected chi connectivity index (χ4v) is 3.86. The van der Waals surface area contributed by atoms with Gasteiger partial charge in [-0.05, 0) is 31.2 Å². The highest BCUT2D eigenvalue weighted by Gasteiger charge is 2.20. The van der Waals surface area contributed by atoms with Gasteiger partial charge in [0.25, 0.3) is 5.91 Å². The number of likely N-dealkylation sites (N-methyl/N-ethyl adjacent to an activating group) is 1. The first-order chi connectivity index (χ1) is 13.7. The van der Waals surface area contributed by atoms with Gasteiger partial charge in [-0.25, -0.2) is 9.67 Å². The van der Waals surface area contributed by atoms with Gasteiger partial charge in [-0.2, -0.15) is 0 Å². The predicted molar refractivity (Wildman–Crippen MR) is 106 cm³/mol. The summed E-state index contributed by atoms with van der Waals surface area (Å²) in [4.78, 5) is 30.7. The molecule has 0 atom stereocenters. The summed E-state index contributed by atoms with van der Waals surface area (Å²) >= 11 is 1.43. The monoisotopic (exact) mass is 395 g/mol. The zero-order valence-electron chi connectivity index (χ0n) is 15.1. The number of carbonyl (C=O) groups is 2. The number of thiazole rings is 1. The fraction of sp³-hybridized carbons (Fsp3) is 0.211. The molecule has 4 aromatic rings. The maximum atomic E-state index is 12.6. The molecule has 0 bridgehead atoms. The van der Waals surface area contributed by atoms with Gasteiger partial charge in [0.1, 0.15) is 12.1 Å². The first kappa shape index (κ1) is 18.1. The lowest BCUT2D eigenvalue weighted by Gasteiger charge is -2.17. The minimum atomic E-state index is -0.552. The minimum absolute atomic E-state index is 0.110. The molecule has 8 nitrogen and oxygen atoms in total. The van der Waals surface area contributed by atoms with E-state index in [4.69, 9.17) is 4.74 Å². The third-order valence-corrected chi connectivity index (χ3v) is 5.25. The second-order valence-electron chi connectivity index (χ2n) is 6.00. The Bertz CT molecular complexity index is 1120. The van der Waals surface area contributed by atoms with Crippen LogP contribution >= 0.6 is 11.3 Å². The topological polar surface area (TPSA) is 90.2 Å². The molecular weight excluding hydrogens is 378 g/mol. The van der Waals surface area contributed by atoms with Crippen molar-refractivity contribution in [1.29, 1.82) is 0 Å². The van der Waals surface area contributed by atoms with Gasteiger partial charge in [0.15, 0.2) is 11.7 Å². The highest BCUT2D eigenvalue weighted by atomic mass is 32.1. The van der Waals surface area contributed by atoms with Crippen molar-refractivity contribution in [3.8, 4) is 0 Å². The Labute approximate surface area is 164 Å². The van der Waals surface area contributed by atoms with Gasteiger partial charge < -0.3 is 4.74 Å². The second kappa shape index (κ2) is 7.73. The van der Waals surface area contributed by atoms with Crippen LogP contribution in [-0.4, -0.2) is 45.0 Å². The summed E-state index contributed by atoms with van der Waals surface area (Å²) in [5.41, 5.74) is 2.26. The molecule has 0 fully saturated rings. The van der Waals surface area contributed by atoms with E-state index < -0.39 is 5.97 Å². The summed E-state index contributed by atoms with van der Waals surface area (Å²) in [6, 6.07) is 15.0. The van der Waals surface area contributed by atoms with Crippen molar-refractivity contribution in [3.05, 3.63) is 48.5 Å². The zero-order chi connectivity index (χ0) is 19.5. The van der Waals surface area contributed by atoms with Crippen LogP contribution in [0.5, 0.6) is 0 Å². The largest absolute Gasteiger partial charge is 0.454 e. The normalized spacial score (nSPS) is 11.0. The average Bonchev–Trinajstić information content (AvgIpc) is 3.31. The van der Waals surface area contributed by atoms with Crippen LogP contribution in [0.1, 0.15) is 6.92 Å². The molecule has 0 spiro atoms. The number of amides is 1. The Kier molecular flexibility index (Phi) is 4.98. The van der Waals surface area contributed by atoms with E-state index in [1.807, 2.05) is 55.5 Å². The molecule has 1 amide bonds. The van der Waals surface area contributed by atoms with Crippen molar-refractivity contribution in [2.24, 2.45) is 0 Å². The molecule has 0 aliphatic rings. The van der Waals surface area contributed by atoms with Crippen LogP contribution in [0, 0.1) is 0 Å². The summed E-state index contributed by atoms with van der Waals surface area (Å²) < 4.78 is 7.61. The number of fused-ring (bicyclic) bond motifs is 2. The molecule has 142 valence electrons. The first-order valence-corrected chi connectivity index (χ1v) is 9.57. The predicted octanol–water partition coefficient (Wildman–Crippen LogP) is 2.64. The zero-order valence-corrected chi connectivity index (χ0v) is 15.9. The Morgan fingerprint density at radius 3 is 2.64 bits per heavy atom. The van der Waals surface area contributed by atoms with Crippen molar-refractivity contribution < 1.29 is 14.3 Å². The number of hydrogen-bond acceptors (Lipinski definition) is 7. The smallest absolute Gasteiger partial charge is 0.328 e. The van der Waals surface area contributed by atoms with E-state index >= 15 is 0 Å². The maximum absolute atomic E-state index is 12.6. The summed E-state index contributed by atoms with van der Waals surface area (Å²) in [6.07, 6.45) is 0. The van der Waals surface area contributed by atoms with E-state index in [1.54, 1.807) is 0 Å². The number of ether oxygens (including phenoxy) is 1. The molecule has 2 aromatic heterocycles. The van der Waals surface area contributed by atoms with E-state index in [-0.39, 0.29) is 19.1 Å². The van der Waals surface area contributed by atoms with Crippen LogP contribution in [0.25, 0.3) is 21.3 Å². The van der Waals surface area contributed by atoms with Gasteiger partial charge in [-0.15, -0.1) is 5.10 Å². The molecule has 0 saturated carbocycles. The van der Waals surface area contributed by atoms with E-state index in [0.717, 1.165) is 15.7 Å². The van der Waals surface area contributed by atoms with E-state index in [2.05, 4.69) is 15.3 Å². The van der Waals surface area contributed by atoms with Crippen LogP contribution in [0.2, 0.25) is 0 Å². The average molecular weight is 395 g/mol. The molecule has 4 rings (SSSR count). The van der Waals surface area contributed by atoms with Gasteiger partial charge in [0.2, 0.25) is 0 Å². The highest BCUT2D eigenvalue weighted by Crippen LogP contribution is 2.28. The second-order valence-corrected chi connectivity index (χ2v) is 7.01. The summed E-state index contributed by atoms with van der Waals surface area (Å²) in [5.74, 6) is -0.872. The van der Waals surface area contributed by atoms with Crippen LogP contribution in [-0.2, 0) is 20.9 Å². The first-order valence-electron chi connectivity index (χ1n) is 8.75. The molecule has 9 heteroatoms. The number of hydrogen-bond donors (Lipinski definition) is 0. The number of rotatable bonds is 6. The lowest BCUT2D eigenvalue weighted by molar-refractivity contribution is -0.148. The number of benzene rings is 2. The van der Waals surface area contributed by atoms with Crippen LogP contribution in [0.15, 0.2) is 48.5 Å². The molecule has 0 N–H and O–H groups in total. The maximum Gasteiger partial charge on any atom is 0.328 e. The van der Waals surface area contributed by atoms with Gasteiger partial charge in [-0.1, -0.05) is 40.8 Å². The molecule has 28 heavy (non-hydrogen) atoms. The molecule has 2 heterocycles. The number of aromatic nitrogens is 4. The van der Waals surface area contributed by atoms with E-state index in [1.165, 1.54) is 20.9 Å². The number of para-hydroxylation sites is 2. The van der Waals surface area contributed by atoms with Crippen LogP contribution in [0.4, 0.5) is 5.13 Å². The van der Waals surface area contributed by atoms with Crippen molar-refractivity contribution in [2.75, 3.05) is 18.1 Å². The Balaban J connectivity index is 1.40. The SMILES string of the molecule is CCN(C(=O)COC(=O)Cn1nnc2ccccc21)c1nc2ccccc2s1. The number of carbonyl (C=O) groups excluding carboxylic acids is 2. The lowest BCUT2D eigenvalue weighted by atomic mass is 10.3. The third kappa shape index (κ3) is 3.56. The van der Waals surface area contributed by atoms with Gasteiger partial charge >= 0.3 is 5.97 Å². The Morgan fingerprint density at radius 1 is 1.11 bits per heavy atom. The molecule has 2 aromatic carbocycles. The summed E-state index contributed by atoms with van der Waals surface area (Å²) in [5, 5.41) is 8.53. The summed E-state index contributed by atoms with van der Waals surface area (Å²) in [6.45, 7) is 1.83. The molecule has 0 saturated heterocycles. The minimum Gasteiger partial charge on any atom is -0.454 e. The van der Waals surface area contributed by atoms with Crippen LogP contribution in [0.3, 0.4) is 0 Å². The molecular formula is C19H17N5O3S. The standard InChI is InChI=1S/C19H17N5O3S/c1-2-23(19-20-14-8-4-6-10-16(14)28-19)17(25)12-27-18(26)11-24-15-9-5-3-7-13(15)21-22-24/h3-10H,2,11-12H2,1H3. The van der Waals surface area contributed by atoms with Crippen molar-refractivity contribution >= 4 is 49.6 Å². The third-order valence-electron chi connectivity index (χ3n) is 4.19. The molecule has 0 aliphatic carbocycles. The number of nitrogens with zero attached hydrogens (tertiary/aromatic N) is 5. The van der Waals surface area contributed by atoms with Gasteiger partial charge in [0, 0.05) is 6.54 Å². The van der Waals surface area contributed by atoms with E-state index in [9.17, 15) is 9.59 Å². The summed E-state index contributed by atoms with van der Waals surface area (Å²) in [7, 11) is 0. The lowest BCUT2D eigenvalue weighted by Crippen LogP contribution is -2.34. The highest BCUT2D eigenvalue weighted by molar-refractivity contribution is 7.22. The Morgan fingerprint density at radius 2 is 1.86 bits per heavy atom. The van der Waals surface area contributed by atoms with Crippen molar-refractivity contribution in [3.63, 3.8) is 0 Å². The number of anilines is 1. The number of esters is 1. The molecule has 0 unspecified atom stereocenters. The molecule has 0 radical (unpaired) electrons.